The molecule has 1 aliphatic carbocycles. The second-order valence-corrected chi connectivity index (χ2v) is 10.4. The van der Waals surface area contributed by atoms with Crippen LogP contribution in [-0.2, 0) is 29.0 Å². The van der Waals surface area contributed by atoms with Gasteiger partial charge in [0.25, 0.3) is 0 Å². The van der Waals surface area contributed by atoms with Crippen LogP contribution in [0.25, 0.3) is 0 Å². The van der Waals surface area contributed by atoms with Crippen molar-refractivity contribution in [3.63, 3.8) is 0 Å². The van der Waals surface area contributed by atoms with Crippen molar-refractivity contribution in [1.82, 2.24) is 10.2 Å². The first kappa shape index (κ1) is 26.2. The van der Waals surface area contributed by atoms with Crippen molar-refractivity contribution in [2.45, 2.75) is 64.1 Å². The molecule has 6 heteroatoms. The molecule has 0 bridgehead atoms. The van der Waals surface area contributed by atoms with Crippen molar-refractivity contribution in [3.05, 3.63) is 105 Å². The predicted octanol–water partition coefficient (Wildman–Crippen LogP) is 6.54. The fourth-order valence-corrected chi connectivity index (χ4v) is 5.39. The zero-order valence-corrected chi connectivity index (χ0v) is 22.1. The lowest BCUT2D eigenvalue weighted by Gasteiger charge is -2.33. The fourth-order valence-electron chi connectivity index (χ4n) is 4.87. The minimum absolute atomic E-state index is 0.133. The summed E-state index contributed by atoms with van der Waals surface area (Å²) in [5, 5.41) is 4.18. The molecule has 4 rings (SSSR count). The molecule has 3 aromatic rings. The summed E-state index contributed by atoms with van der Waals surface area (Å²) in [6.07, 6.45) is 4.75. The highest BCUT2D eigenvalue weighted by molar-refractivity contribution is 6.36. The molecule has 3 aromatic carbocycles. The summed E-state index contributed by atoms with van der Waals surface area (Å²) in [5.74, 6) is -0.273. The zero-order chi connectivity index (χ0) is 25.5. The van der Waals surface area contributed by atoms with Crippen LogP contribution in [0.3, 0.4) is 0 Å². The van der Waals surface area contributed by atoms with Gasteiger partial charge in [0, 0.05) is 34.6 Å². The molecular weight excluding hydrogens is 491 g/mol. The van der Waals surface area contributed by atoms with E-state index in [1.165, 1.54) is 0 Å². The highest BCUT2D eigenvalue weighted by Crippen LogP contribution is 2.28. The van der Waals surface area contributed by atoms with E-state index in [1.54, 1.807) is 23.1 Å². The number of hydrogen-bond donors (Lipinski definition) is 1. The van der Waals surface area contributed by atoms with Gasteiger partial charge in [-0.25, -0.2) is 0 Å². The molecule has 2 amide bonds. The Bertz CT molecular complexity index is 1170. The van der Waals surface area contributed by atoms with Crippen LogP contribution in [0.1, 0.15) is 47.9 Å². The lowest BCUT2D eigenvalue weighted by molar-refractivity contribution is -0.141. The molecule has 0 aromatic heterocycles. The molecule has 4 nitrogen and oxygen atoms in total. The summed E-state index contributed by atoms with van der Waals surface area (Å²) in [6, 6.07) is 22.5. The van der Waals surface area contributed by atoms with Crippen LogP contribution >= 0.6 is 23.2 Å². The second-order valence-electron chi connectivity index (χ2n) is 9.58. The molecule has 1 atom stereocenters. The smallest absolute Gasteiger partial charge is 0.243 e. The quantitative estimate of drug-likeness (QED) is 0.346. The Balaban J connectivity index is 1.70. The van der Waals surface area contributed by atoms with E-state index in [0.717, 1.165) is 42.4 Å². The first-order valence-corrected chi connectivity index (χ1v) is 13.3. The van der Waals surface area contributed by atoms with Gasteiger partial charge in [0.1, 0.15) is 6.04 Å². The Morgan fingerprint density at radius 1 is 0.917 bits per heavy atom. The van der Waals surface area contributed by atoms with E-state index < -0.39 is 6.04 Å². The van der Waals surface area contributed by atoms with Crippen LogP contribution in [-0.4, -0.2) is 28.8 Å². The number of benzene rings is 3. The largest absolute Gasteiger partial charge is 0.352 e. The molecule has 0 saturated heterocycles. The third-order valence-electron chi connectivity index (χ3n) is 6.80. The maximum absolute atomic E-state index is 13.9. The molecule has 36 heavy (non-hydrogen) atoms. The Morgan fingerprint density at radius 3 is 2.22 bits per heavy atom. The van der Waals surface area contributed by atoms with Crippen LogP contribution in [0.5, 0.6) is 0 Å². The number of carbonyl (C=O) groups excluding carboxylic acids is 2. The summed E-state index contributed by atoms with van der Waals surface area (Å²) in [7, 11) is 0. The lowest BCUT2D eigenvalue weighted by Crippen LogP contribution is -2.52. The van der Waals surface area contributed by atoms with E-state index >= 15 is 0 Å². The Hall–Kier alpha value is -2.82. The minimum atomic E-state index is -0.697. The molecule has 1 N–H and O–H groups in total. The normalized spacial score (nSPS) is 14.4. The van der Waals surface area contributed by atoms with E-state index in [2.05, 4.69) is 5.32 Å². The van der Waals surface area contributed by atoms with Gasteiger partial charge in [-0.2, -0.15) is 0 Å². The summed E-state index contributed by atoms with van der Waals surface area (Å²) < 4.78 is 0. The molecule has 188 valence electrons. The molecule has 1 saturated carbocycles. The zero-order valence-electron chi connectivity index (χ0n) is 20.6. The van der Waals surface area contributed by atoms with Gasteiger partial charge >= 0.3 is 0 Å². The van der Waals surface area contributed by atoms with Crippen LogP contribution in [0.15, 0.2) is 72.8 Å². The van der Waals surface area contributed by atoms with Crippen molar-refractivity contribution < 1.29 is 9.59 Å². The maximum Gasteiger partial charge on any atom is 0.243 e. The average Bonchev–Trinajstić information content (AvgIpc) is 3.36. The van der Waals surface area contributed by atoms with Crippen LogP contribution in [0.2, 0.25) is 10.0 Å². The van der Waals surface area contributed by atoms with Gasteiger partial charge in [-0.1, -0.05) is 102 Å². The van der Waals surface area contributed by atoms with E-state index in [0.29, 0.717) is 22.0 Å². The molecule has 0 radical (unpaired) electrons. The molecular formula is C30H32Cl2N2O2. The Kier molecular flexibility index (Phi) is 9.06. The number of halogens is 2. The number of carbonyl (C=O) groups is 2. The molecule has 0 heterocycles. The lowest BCUT2D eigenvalue weighted by atomic mass is 10.0. The van der Waals surface area contributed by atoms with Crippen molar-refractivity contribution >= 4 is 35.0 Å². The van der Waals surface area contributed by atoms with Gasteiger partial charge in [-0.05, 0) is 43.0 Å². The van der Waals surface area contributed by atoms with E-state index in [-0.39, 0.29) is 30.8 Å². The van der Waals surface area contributed by atoms with E-state index in [9.17, 15) is 9.59 Å². The monoisotopic (exact) mass is 522 g/mol. The summed E-state index contributed by atoms with van der Waals surface area (Å²) in [4.78, 5) is 29.3. The topological polar surface area (TPSA) is 49.4 Å². The highest BCUT2D eigenvalue weighted by atomic mass is 35.5. The molecule has 0 spiro atoms. The van der Waals surface area contributed by atoms with Crippen molar-refractivity contribution in [2.75, 3.05) is 0 Å². The van der Waals surface area contributed by atoms with Gasteiger partial charge in [0.05, 0.1) is 6.42 Å². The third-order valence-corrected chi connectivity index (χ3v) is 7.51. The van der Waals surface area contributed by atoms with Crippen molar-refractivity contribution in [2.24, 2.45) is 0 Å². The SMILES string of the molecule is Cc1cccc(CC(=O)N(Cc2c(Cl)cccc2Cl)[C@H](Cc2ccccc2)C(=O)NC2CCCC2)c1. The number of amides is 2. The molecule has 0 unspecified atom stereocenters. The van der Waals surface area contributed by atoms with Gasteiger partial charge < -0.3 is 10.2 Å². The van der Waals surface area contributed by atoms with Crippen LogP contribution < -0.4 is 5.32 Å². The van der Waals surface area contributed by atoms with Gasteiger partial charge in [-0.3, -0.25) is 9.59 Å². The van der Waals surface area contributed by atoms with E-state index in [1.807, 2.05) is 61.5 Å². The van der Waals surface area contributed by atoms with Gasteiger partial charge in [-0.15, -0.1) is 0 Å². The first-order chi connectivity index (χ1) is 17.4. The summed E-state index contributed by atoms with van der Waals surface area (Å²) in [6.45, 7) is 2.15. The standard InChI is InChI=1S/C30H32Cl2N2O2/c1-21-9-7-12-23(17-21)19-29(35)34(20-25-26(31)15-8-16-27(25)32)28(18-22-10-3-2-4-11-22)30(36)33-24-13-5-6-14-24/h2-4,7-12,15-17,24,28H,5-6,13-14,18-20H2,1H3,(H,33,36)/t28-/m1/s1. The second kappa shape index (κ2) is 12.4. The van der Waals surface area contributed by atoms with Crippen LogP contribution in [0.4, 0.5) is 0 Å². The van der Waals surface area contributed by atoms with Crippen molar-refractivity contribution in [1.29, 1.82) is 0 Å². The number of rotatable bonds is 9. The molecule has 1 fully saturated rings. The number of aryl methyl sites for hydroxylation is 1. The average molecular weight is 524 g/mol. The predicted molar refractivity (Wildman–Crippen MR) is 146 cm³/mol. The Labute approximate surface area is 223 Å². The highest BCUT2D eigenvalue weighted by Gasteiger charge is 2.33. The van der Waals surface area contributed by atoms with Crippen LogP contribution in [0, 0.1) is 6.92 Å². The van der Waals surface area contributed by atoms with Crippen molar-refractivity contribution in [3.8, 4) is 0 Å². The maximum atomic E-state index is 13.9. The number of nitrogens with zero attached hydrogens (tertiary/aromatic N) is 1. The molecule has 1 aliphatic rings. The Morgan fingerprint density at radius 2 is 1.56 bits per heavy atom. The van der Waals surface area contributed by atoms with E-state index in [4.69, 9.17) is 23.2 Å². The minimum Gasteiger partial charge on any atom is -0.352 e. The van der Waals surface area contributed by atoms with Gasteiger partial charge in [0.2, 0.25) is 11.8 Å². The number of hydrogen-bond acceptors (Lipinski definition) is 2. The van der Waals surface area contributed by atoms with Gasteiger partial charge in [0.15, 0.2) is 0 Å². The fraction of sp³-hybridized carbons (Fsp3) is 0.333. The molecule has 0 aliphatic heterocycles. The summed E-state index contributed by atoms with van der Waals surface area (Å²) in [5.41, 5.74) is 3.62. The summed E-state index contributed by atoms with van der Waals surface area (Å²) >= 11 is 13.0. The number of nitrogens with one attached hydrogen (secondary N) is 1. The first-order valence-electron chi connectivity index (χ1n) is 12.5. The third kappa shape index (κ3) is 6.89.